The molecule has 0 saturated heterocycles. The van der Waals surface area contributed by atoms with Gasteiger partial charge in [0.15, 0.2) is 0 Å². The maximum Gasteiger partial charge on any atom is 0.264 e. The lowest BCUT2D eigenvalue weighted by molar-refractivity contribution is -0.139. The number of benzene rings is 3. The number of rotatable bonds is 12. The Labute approximate surface area is 249 Å². The van der Waals surface area contributed by atoms with Crippen molar-refractivity contribution < 1.29 is 22.7 Å². The molecule has 0 aromatic heterocycles. The molecule has 3 aromatic carbocycles. The highest BCUT2D eigenvalue weighted by molar-refractivity contribution is 7.92. The van der Waals surface area contributed by atoms with E-state index < -0.39 is 28.5 Å². The van der Waals surface area contributed by atoms with E-state index in [1.165, 1.54) is 48.4 Å². The van der Waals surface area contributed by atoms with Crippen LogP contribution in [0, 0.1) is 0 Å². The normalized spacial score (nSPS) is 11.9. The van der Waals surface area contributed by atoms with Gasteiger partial charge in [0.1, 0.15) is 18.3 Å². The molecule has 40 heavy (non-hydrogen) atoms. The zero-order chi connectivity index (χ0) is 29.4. The van der Waals surface area contributed by atoms with Crippen LogP contribution in [0.25, 0.3) is 0 Å². The molecule has 0 fully saturated rings. The zero-order valence-corrected chi connectivity index (χ0v) is 25.3. The minimum absolute atomic E-state index is 0.0178. The Bertz CT molecular complexity index is 1450. The number of carbonyl (C=O) groups excluding carboxylic acids is 2. The van der Waals surface area contributed by atoms with Crippen molar-refractivity contribution >= 4 is 62.3 Å². The maximum absolute atomic E-state index is 13.9. The number of carbonyl (C=O) groups is 2. The summed E-state index contributed by atoms with van der Waals surface area (Å²) in [6.07, 6.45) is 0.705. The van der Waals surface area contributed by atoms with Crippen LogP contribution in [0.4, 0.5) is 5.69 Å². The molecule has 0 spiro atoms. The number of amides is 2. The van der Waals surface area contributed by atoms with Gasteiger partial charge in [-0.15, -0.1) is 0 Å². The standard InChI is InChI=1S/C28H30Cl3N3O5S/c1-4-14-32-28(36)19(2)33(17-20-10-11-21(29)15-24(20)30)27(35)18-34(22-12-13-26(39-3)25(31)16-22)40(37,38)23-8-6-5-7-9-23/h5-13,15-16,19H,4,14,17-18H2,1-3H3,(H,32,36)/t19-/m0/s1. The molecule has 0 heterocycles. The number of sulfonamides is 1. The van der Waals surface area contributed by atoms with Crippen molar-refractivity contribution in [3.63, 3.8) is 0 Å². The Balaban J connectivity index is 2.06. The van der Waals surface area contributed by atoms with Gasteiger partial charge in [-0.2, -0.15) is 0 Å². The number of hydrogen-bond acceptors (Lipinski definition) is 5. The Morgan fingerprint density at radius 1 is 0.975 bits per heavy atom. The first-order valence-electron chi connectivity index (χ1n) is 12.4. The molecule has 12 heteroatoms. The van der Waals surface area contributed by atoms with E-state index in [0.29, 0.717) is 34.3 Å². The van der Waals surface area contributed by atoms with E-state index in [4.69, 9.17) is 39.5 Å². The SMILES string of the molecule is CCCNC(=O)[C@H](C)N(Cc1ccc(Cl)cc1Cl)C(=O)CN(c1ccc(OC)c(Cl)c1)S(=O)(=O)c1ccccc1. The molecule has 214 valence electrons. The zero-order valence-electron chi connectivity index (χ0n) is 22.2. The maximum atomic E-state index is 13.9. The molecule has 1 atom stereocenters. The van der Waals surface area contributed by atoms with Crippen molar-refractivity contribution in [2.24, 2.45) is 0 Å². The summed E-state index contributed by atoms with van der Waals surface area (Å²) in [7, 11) is -2.79. The first-order chi connectivity index (χ1) is 19.0. The lowest BCUT2D eigenvalue weighted by Gasteiger charge is -2.32. The summed E-state index contributed by atoms with van der Waals surface area (Å²) >= 11 is 18.8. The molecule has 1 N–H and O–H groups in total. The van der Waals surface area contributed by atoms with E-state index in [1.54, 1.807) is 37.3 Å². The number of halogens is 3. The number of hydrogen-bond donors (Lipinski definition) is 1. The van der Waals surface area contributed by atoms with Crippen LogP contribution in [0.3, 0.4) is 0 Å². The molecule has 2 amide bonds. The van der Waals surface area contributed by atoms with Gasteiger partial charge in [0.25, 0.3) is 10.0 Å². The van der Waals surface area contributed by atoms with Crippen LogP contribution in [0.5, 0.6) is 5.75 Å². The number of anilines is 1. The second-order valence-electron chi connectivity index (χ2n) is 8.87. The number of ether oxygens (including phenoxy) is 1. The van der Waals surface area contributed by atoms with Crippen molar-refractivity contribution in [3.05, 3.63) is 87.4 Å². The van der Waals surface area contributed by atoms with Crippen molar-refractivity contribution in [2.45, 2.75) is 37.8 Å². The highest BCUT2D eigenvalue weighted by Crippen LogP contribution is 2.32. The van der Waals surface area contributed by atoms with E-state index >= 15 is 0 Å². The van der Waals surface area contributed by atoms with Crippen LogP contribution in [-0.4, -0.2) is 51.4 Å². The fourth-order valence-corrected chi connectivity index (χ4v) is 6.02. The molecule has 0 saturated carbocycles. The summed E-state index contributed by atoms with van der Waals surface area (Å²) in [5.41, 5.74) is 0.690. The van der Waals surface area contributed by atoms with Crippen LogP contribution >= 0.6 is 34.8 Å². The number of methoxy groups -OCH3 is 1. The van der Waals surface area contributed by atoms with Crippen LogP contribution in [0.1, 0.15) is 25.8 Å². The third-order valence-electron chi connectivity index (χ3n) is 6.11. The molecular formula is C28H30Cl3N3O5S. The Morgan fingerprint density at radius 2 is 1.68 bits per heavy atom. The molecule has 0 aliphatic heterocycles. The molecule has 0 aliphatic carbocycles. The van der Waals surface area contributed by atoms with Crippen molar-refractivity contribution in [3.8, 4) is 5.75 Å². The monoisotopic (exact) mass is 625 g/mol. The first kappa shape index (κ1) is 31.5. The fraction of sp³-hybridized carbons (Fsp3) is 0.286. The average Bonchev–Trinajstić information content (AvgIpc) is 2.94. The summed E-state index contributed by atoms with van der Waals surface area (Å²) in [5.74, 6) is -0.670. The van der Waals surface area contributed by atoms with Crippen molar-refractivity contribution in [1.82, 2.24) is 10.2 Å². The predicted molar refractivity (Wildman–Crippen MR) is 159 cm³/mol. The lowest BCUT2D eigenvalue weighted by atomic mass is 10.1. The second kappa shape index (κ2) is 14.1. The van der Waals surface area contributed by atoms with Gasteiger partial charge < -0.3 is 15.0 Å². The molecule has 0 unspecified atom stereocenters. The van der Waals surface area contributed by atoms with Crippen LogP contribution in [0.15, 0.2) is 71.6 Å². The molecule has 8 nitrogen and oxygen atoms in total. The third-order valence-corrected chi connectivity index (χ3v) is 8.78. The van der Waals surface area contributed by atoms with Gasteiger partial charge in [0.2, 0.25) is 11.8 Å². The Kier molecular flexibility index (Phi) is 11.1. The van der Waals surface area contributed by atoms with E-state index in [-0.39, 0.29) is 28.1 Å². The van der Waals surface area contributed by atoms with Gasteiger partial charge >= 0.3 is 0 Å². The quantitative estimate of drug-likeness (QED) is 0.274. The summed E-state index contributed by atoms with van der Waals surface area (Å²) in [6, 6.07) is 16.0. The molecule has 3 aromatic rings. The smallest absolute Gasteiger partial charge is 0.264 e. The van der Waals surface area contributed by atoms with E-state index in [9.17, 15) is 18.0 Å². The lowest BCUT2D eigenvalue weighted by Crippen LogP contribution is -2.51. The molecule has 0 bridgehead atoms. The van der Waals surface area contributed by atoms with Crippen LogP contribution in [-0.2, 0) is 26.2 Å². The van der Waals surface area contributed by atoms with Crippen LogP contribution < -0.4 is 14.4 Å². The van der Waals surface area contributed by atoms with Gasteiger partial charge in [-0.1, -0.05) is 66.0 Å². The van der Waals surface area contributed by atoms with Gasteiger partial charge in [-0.25, -0.2) is 8.42 Å². The van der Waals surface area contributed by atoms with Crippen molar-refractivity contribution in [2.75, 3.05) is 24.5 Å². The Hall–Kier alpha value is -2.98. The molecule has 0 aliphatic rings. The largest absolute Gasteiger partial charge is 0.495 e. The third kappa shape index (κ3) is 7.60. The fourth-order valence-electron chi connectivity index (χ4n) is 3.87. The number of nitrogens with zero attached hydrogens (tertiary/aromatic N) is 2. The van der Waals surface area contributed by atoms with Crippen molar-refractivity contribution in [1.29, 1.82) is 0 Å². The summed E-state index contributed by atoms with van der Waals surface area (Å²) in [6.45, 7) is 3.24. The summed E-state index contributed by atoms with van der Waals surface area (Å²) in [4.78, 5) is 28.1. The summed E-state index contributed by atoms with van der Waals surface area (Å²) < 4.78 is 33.8. The summed E-state index contributed by atoms with van der Waals surface area (Å²) in [5, 5.41) is 3.67. The first-order valence-corrected chi connectivity index (χ1v) is 15.0. The molecule has 0 radical (unpaired) electrons. The minimum Gasteiger partial charge on any atom is -0.495 e. The van der Waals surface area contributed by atoms with E-state index in [2.05, 4.69) is 5.32 Å². The average molecular weight is 627 g/mol. The van der Waals surface area contributed by atoms with Gasteiger partial charge in [-0.05, 0) is 61.4 Å². The van der Waals surface area contributed by atoms with Crippen LogP contribution in [0.2, 0.25) is 15.1 Å². The van der Waals surface area contributed by atoms with Gasteiger partial charge in [-0.3, -0.25) is 13.9 Å². The van der Waals surface area contributed by atoms with E-state index in [1.807, 2.05) is 6.92 Å². The number of nitrogens with one attached hydrogen (secondary N) is 1. The molecule has 3 rings (SSSR count). The molecular weight excluding hydrogens is 597 g/mol. The predicted octanol–water partition coefficient (Wildman–Crippen LogP) is 5.79. The van der Waals surface area contributed by atoms with E-state index in [0.717, 1.165) is 4.31 Å². The van der Waals surface area contributed by atoms with Gasteiger partial charge in [0, 0.05) is 23.1 Å². The highest BCUT2D eigenvalue weighted by atomic mass is 35.5. The topological polar surface area (TPSA) is 96.0 Å². The Morgan fingerprint density at radius 3 is 2.27 bits per heavy atom. The highest BCUT2D eigenvalue weighted by Gasteiger charge is 2.33. The minimum atomic E-state index is -4.22. The second-order valence-corrected chi connectivity index (χ2v) is 12.0. The van der Waals surface area contributed by atoms with Gasteiger partial charge in [0.05, 0.1) is 22.7 Å².